The topological polar surface area (TPSA) is 75.5 Å². The first-order chi connectivity index (χ1) is 10.5. The van der Waals surface area contributed by atoms with Crippen molar-refractivity contribution in [1.29, 1.82) is 0 Å². The van der Waals surface area contributed by atoms with Crippen LogP contribution in [0.5, 0.6) is 0 Å². The molecule has 1 aromatic rings. The maximum absolute atomic E-state index is 11.8. The number of nitrogens with one attached hydrogen (secondary N) is 1. The minimum Gasteiger partial charge on any atom is -0.352 e. The predicted octanol–water partition coefficient (Wildman–Crippen LogP) is 2.07. The molecule has 22 heavy (non-hydrogen) atoms. The Balaban J connectivity index is 1.77. The fraction of sp³-hybridized carbons (Fsp3) is 0.438. The van der Waals surface area contributed by atoms with Crippen molar-refractivity contribution in [1.82, 2.24) is 10.2 Å². The molecule has 6 nitrogen and oxygen atoms in total. The molecule has 0 unspecified atom stereocenters. The van der Waals surface area contributed by atoms with Gasteiger partial charge in [-0.25, -0.2) is 0 Å². The molecule has 0 saturated carbocycles. The number of likely N-dealkylation sites (tertiary alicyclic amines) is 1. The smallest absolute Gasteiger partial charge is 0.269 e. The van der Waals surface area contributed by atoms with Gasteiger partial charge in [0, 0.05) is 24.8 Å². The van der Waals surface area contributed by atoms with Gasteiger partial charge in [-0.05, 0) is 62.7 Å². The predicted molar refractivity (Wildman–Crippen MR) is 85.4 cm³/mol. The summed E-state index contributed by atoms with van der Waals surface area (Å²) < 4.78 is 0. The van der Waals surface area contributed by atoms with Gasteiger partial charge in [-0.1, -0.05) is 0 Å². The van der Waals surface area contributed by atoms with E-state index in [2.05, 4.69) is 17.3 Å². The lowest BCUT2D eigenvalue weighted by Gasteiger charge is -2.28. The van der Waals surface area contributed by atoms with Gasteiger partial charge in [0.2, 0.25) is 5.91 Å². The Bertz CT molecular complexity index is 546. The Kier molecular flexibility index (Phi) is 5.66. The summed E-state index contributed by atoms with van der Waals surface area (Å²) in [5.41, 5.74) is 0.809. The summed E-state index contributed by atoms with van der Waals surface area (Å²) in [5.74, 6) is 0.421. The second-order valence-electron chi connectivity index (χ2n) is 5.67. The van der Waals surface area contributed by atoms with Crippen molar-refractivity contribution < 1.29 is 9.72 Å². The van der Waals surface area contributed by atoms with Gasteiger partial charge in [-0.3, -0.25) is 14.9 Å². The van der Waals surface area contributed by atoms with Gasteiger partial charge < -0.3 is 10.2 Å². The average molecular weight is 303 g/mol. The molecule has 6 heteroatoms. The molecular formula is C16H21N3O3. The van der Waals surface area contributed by atoms with Crippen LogP contribution in [0, 0.1) is 16.0 Å². The summed E-state index contributed by atoms with van der Waals surface area (Å²) >= 11 is 0. The standard InChI is InChI=1S/C16H21N3O3/c1-18-10-8-14(9-11-18)12-17-16(20)7-4-13-2-5-15(6-3-13)19(21)22/h2-7,14H,8-12H2,1H3,(H,17,20)/b7-4+. The number of nitro groups is 1. The quantitative estimate of drug-likeness (QED) is 0.513. The Morgan fingerprint density at radius 1 is 1.36 bits per heavy atom. The molecule has 118 valence electrons. The molecule has 0 aliphatic carbocycles. The molecule has 2 rings (SSSR count). The van der Waals surface area contributed by atoms with Crippen LogP contribution in [0.2, 0.25) is 0 Å². The summed E-state index contributed by atoms with van der Waals surface area (Å²) in [6, 6.07) is 6.10. The fourth-order valence-corrected chi connectivity index (χ4v) is 2.45. The van der Waals surface area contributed by atoms with Gasteiger partial charge >= 0.3 is 0 Å². The molecule has 1 fully saturated rings. The fourth-order valence-electron chi connectivity index (χ4n) is 2.45. The van der Waals surface area contributed by atoms with Gasteiger partial charge in [-0.15, -0.1) is 0 Å². The lowest BCUT2D eigenvalue weighted by molar-refractivity contribution is -0.384. The largest absolute Gasteiger partial charge is 0.352 e. The zero-order chi connectivity index (χ0) is 15.9. The lowest BCUT2D eigenvalue weighted by atomic mass is 9.97. The Labute approximate surface area is 130 Å². The van der Waals surface area contributed by atoms with Crippen molar-refractivity contribution in [2.75, 3.05) is 26.7 Å². The van der Waals surface area contributed by atoms with Crippen molar-refractivity contribution in [3.63, 3.8) is 0 Å². The molecule has 1 aromatic carbocycles. The van der Waals surface area contributed by atoms with E-state index < -0.39 is 4.92 Å². The number of carbonyl (C=O) groups excluding carboxylic acids is 1. The second kappa shape index (κ2) is 7.70. The molecule has 1 amide bonds. The Morgan fingerprint density at radius 3 is 2.59 bits per heavy atom. The number of nitro benzene ring substituents is 1. The van der Waals surface area contributed by atoms with Gasteiger partial charge in [0.15, 0.2) is 0 Å². The normalized spacial score (nSPS) is 16.8. The molecule has 1 aliphatic rings. The molecule has 1 heterocycles. The first-order valence-corrected chi connectivity index (χ1v) is 7.43. The van der Waals surface area contributed by atoms with Gasteiger partial charge in [0.25, 0.3) is 5.69 Å². The van der Waals surface area contributed by atoms with Crippen LogP contribution in [0.15, 0.2) is 30.3 Å². The average Bonchev–Trinajstić information content (AvgIpc) is 2.52. The third-order valence-electron chi connectivity index (χ3n) is 3.93. The third-order valence-corrected chi connectivity index (χ3v) is 3.93. The van der Waals surface area contributed by atoms with Gasteiger partial charge in [0.1, 0.15) is 0 Å². The highest BCUT2D eigenvalue weighted by Gasteiger charge is 2.16. The van der Waals surface area contributed by atoms with E-state index >= 15 is 0 Å². The zero-order valence-corrected chi connectivity index (χ0v) is 12.7. The van der Waals surface area contributed by atoms with E-state index in [1.807, 2.05) is 0 Å². The minimum absolute atomic E-state index is 0.0452. The highest BCUT2D eigenvalue weighted by molar-refractivity contribution is 5.91. The maximum atomic E-state index is 11.8. The molecule has 1 aliphatic heterocycles. The number of non-ortho nitro benzene ring substituents is 1. The number of hydrogen-bond acceptors (Lipinski definition) is 4. The van der Waals surface area contributed by atoms with E-state index in [4.69, 9.17) is 0 Å². The molecule has 0 bridgehead atoms. The lowest BCUT2D eigenvalue weighted by Crippen LogP contribution is -2.36. The molecule has 0 spiro atoms. The van der Waals surface area contributed by atoms with E-state index in [1.165, 1.54) is 18.2 Å². The van der Waals surface area contributed by atoms with Crippen molar-refractivity contribution >= 4 is 17.7 Å². The van der Waals surface area contributed by atoms with Crippen LogP contribution in [0.25, 0.3) is 6.08 Å². The maximum Gasteiger partial charge on any atom is 0.269 e. The monoisotopic (exact) mass is 303 g/mol. The van der Waals surface area contributed by atoms with Gasteiger partial charge in [-0.2, -0.15) is 0 Å². The Morgan fingerprint density at radius 2 is 2.00 bits per heavy atom. The SMILES string of the molecule is CN1CCC(CNC(=O)/C=C/c2ccc([N+](=O)[O-])cc2)CC1. The van der Waals surface area contributed by atoms with E-state index in [9.17, 15) is 14.9 Å². The molecule has 0 radical (unpaired) electrons. The first-order valence-electron chi connectivity index (χ1n) is 7.43. The van der Waals surface area contributed by atoms with Crippen LogP contribution < -0.4 is 5.32 Å². The molecule has 1 N–H and O–H groups in total. The number of piperidine rings is 1. The van der Waals surface area contributed by atoms with E-state index in [-0.39, 0.29) is 11.6 Å². The summed E-state index contributed by atoms with van der Waals surface area (Å²) in [7, 11) is 2.11. The van der Waals surface area contributed by atoms with Crippen LogP contribution in [0.3, 0.4) is 0 Å². The number of nitrogens with zero attached hydrogens (tertiary/aromatic N) is 2. The number of hydrogen-bond donors (Lipinski definition) is 1. The molecule has 0 aromatic heterocycles. The van der Waals surface area contributed by atoms with Crippen molar-refractivity contribution in [2.45, 2.75) is 12.8 Å². The van der Waals surface area contributed by atoms with Crippen LogP contribution in [0.1, 0.15) is 18.4 Å². The number of carbonyl (C=O) groups is 1. The number of amides is 1. The minimum atomic E-state index is -0.443. The molecule has 0 atom stereocenters. The number of rotatable bonds is 5. The van der Waals surface area contributed by atoms with E-state index in [0.29, 0.717) is 12.5 Å². The van der Waals surface area contributed by atoms with Crippen LogP contribution in [-0.4, -0.2) is 42.4 Å². The molecular weight excluding hydrogens is 282 g/mol. The van der Waals surface area contributed by atoms with Crippen molar-refractivity contribution in [3.8, 4) is 0 Å². The molecule has 1 saturated heterocycles. The van der Waals surface area contributed by atoms with Crippen molar-refractivity contribution in [2.24, 2.45) is 5.92 Å². The summed E-state index contributed by atoms with van der Waals surface area (Å²) in [6.07, 6.45) is 5.36. The summed E-state index contributed by atoms with van der Waals surface area (Å²) in [6.45, 7) is 2.87. The van der Waals surface area contributed by atoms with Crippen LogP contribution >= 0.6 is 0 Å². The van der Waals surface area contributed by atoms with Crippen LogP contribution in [-0.2, 0) is 4.79 Å². The van der Waals surface area contributed by atoms with Gasteiger partial charge in [0.05, 0.1) is 4.92 Å². The Hall–Kier alpha value is -2.21. The highest BCUT2D eigenvalue weighted by Crippen LogP contribution is 2.15. The summed E-state index contributed by atoms with van der Waals surface area (Å²) in [5, 5.41) is 13.5. The zero-order valence-electron chi connectivity index (χ0n) is 12.7. The highest BCUT2D eigenvalue weighted by atomic mass is 16.6. The van der Waals surface area contributed by atoms with E-state index in [0.717, 1.165) is 31.5 Å². The number of benzene rings is 1. The van der Waals surface area contributed by atoms with Crippen molar-refractivity contribution in [3.05, 3.63) is 46.0 Å². The summed E-state index contributed by atoms with van der Waals surface area (Å²) in [4.78, 5) is 24.2. The van der Waals surface area contributed by atoms with Crippen LogP contribution in [0.4, 0.5) is 5.69 Å². The first kappa shape index (κ1) is 16.2. The third kappa shape index (κ3) is 4.96. The van der Waals surface area contributed by atoms with E-state index in [1.54, 1.807) is 18.2 Å². The second-order valence-corrected chi connectivity index (χ2v) is 5.67.